The lowest BCUT2D eigenvalue weighted by molar-refractivity contribution is -0.112. The van der Waals surface area contributed by atoms with E-state index in [1.165, 1.54) is 17.5 Å². The summed E-state index contributed by atoms with van der Waals surface area (Å²) >= 11 is 7.12. The van der Waals surface area contributed by atoms with E-state index in [1.807, 2.05) is 18.2 Å². The SMILES string of the molecule is CN(C)/C=C(\C#N)C(=O)Nc1scc(-c2ccc(Cl)cc2)c1C#N. The summed E-state index contributed by atoms with van der Waals surface area (Å²) in [4.78, 5) is 13.8. The van der Waals surface area contributed by atoms with Gasteiger partial charge in [0.2, 0.25) is 0 Å². The highest BCUT2D eigenvalue weighted by Gasteiger charge is 2.17. The molecule has 7 heteroatoms. The lowest BCUT2D eigenvalue weighted by Crippen LogP contribution is -2.16. The molecule has 0 saturated heterocycles. The third kappa shape index (κ3) is 3.94. The maximum Gasteiger partial charge on any atom is 0.268 e. The van der Waals surface area contributed by atoms with Crippen LogP contribution in [0.5, 0.6) is 0 Å². The normalized spacial score (nSPS) is 10.6. The van der Waals surface area contributed by atoms with Crippen molar-refractivity contribution in [3.63, 3.8) is 0 Å². The van der Waals surface area contributed by atoms with E-state index in [1.54, 1.807) is 36.5 Å². The quantitative estimate of drug-likeness (QED) is 0.666. The first-order chi connectivity index (χ1) is 11.5. The summed E-state index contributed by atoms with van der Waals surface area (Å²) in [5, 5.41) is 24.0. The van der Waals surface area contributed by atoms with Gasteiger partial charge in [-0.05, 0) is 17.7 Å². The molecular formula is C17H13ClN4OS. The van der Waals surface area contributed by atoms with E-state index in [4.69, 9.17) is 16.9 Å². The first-order valence-electron chi connectivity index (χ1n) is 6.83. The Morgan fingerprint density at radius 3 is 2.50 bits per heavy atom. The number of hydrogen-bond donors (Lipinski definition) is 1. The number of rotatable bonds is 4. The molecule has 0 aliphatic rings. The molecule has 0 unspecified atom stereocenters. The number of nitriles is 2. The first-order valence-corrected chi connectivity index (χ1v) is 8.09. The van der Waals surface area contributed by atoms with Crippen LogP contribution in [0.2, 0.25) is 5.02 Å². The van der Waals surface area contributed by atoms with Gasteiger partial charge in [0.15, 0.2) is 0 Å². The number of thiophene rings is 1. The molecule has 0 atom stereocenters. The van der Waals surface area contributed by atoms with Gasteiger partial charge >= 0.3 is 0 Å². The highest BCUT2D eigenvalue weighted by molar-refractivity contribution is 7.15. The molecule has 1 aromatic carbocycles. The number of amides is 1. The summed E-state index contributed by atoms with van der Waals surface area (Å²) in [7, 11) is 3.43. The zero-order valence-electron chi connectivity index (χ0n) is 13.0. The number of anilines is 1. The molecule has 0 saturated carbocycles. The van der Waals surface area contributed by atoms with Crippen molar-refractivity contribution in [2.45, 2.75) is 0 Å². The molecule has 2 rings (SSSR count). The van der Waals surface area contributed by atoms with Gasteiger partial charge in [-0.1, -0.05) is 23.7 Å². The van der Waals surface area contributed by atoms with Gasteiger partial charge in [-0.15, -0.1) is 11.3 Å². The third-order valence-electron chi connectivity index (χ3n) is 3.04. The average molecular weight is 357 g/mol. The average Bonchev–Trinajstić information content (AvgIpc) is 2.95. The van der Waals surface area contributed by atoms with Crippen molar-refractivity contribution in [2.75, 3.05) is 19.4 Å². The van der Waals surface area contributed by atoms with Crippen LogP contribution in [0.1, 0.15) is 5.56 Å². The second-order valence-electron chi connectivity index (χ2n) is 5.04. The number of carbonyl (C=O) groups is 1. The van der Waals surface area contributed by atoms with Gasteiger partial charge in [-0.2, -0.15) is 10.5 Å². The molecule has 0 radical (unpaired) electrons. The fourth-order valence-electron chi connectivity index (χ4n) is 1.97. The monoisotopic (exact) mass is 356 g/mol. The van der Waals surface area contributed by atoms with Gasteiger partial charge in [0.25, 0.3) is 5.91 Å². The number of carbonyl (C=O) groups excluding carboxylic acids is 1. The Balaban J connectivity index is 2.34. The first kappa shape index (κ1) is 17.6. The Morgan fingerprint density at radius 1 is 1.29 bits per heavy atom. The molecular weight excluding hydrogens is 344 g/mol. The van der Waals surface area contributed by atoms with Crippen LogP contribution in [0.3, 0.4) is 0 Å². The summed E-state index contributed by atoms with van der Waals surface area (Å²) in [6.07, 6.45) is 1.43. The van der Waals surface area contributed by atoms with E-state index in [9.17, 15) is 10.1 Å². The van der Waals surface area contributed by atoms with Crippen LogP contribution in [-0.2, 0) is 4.79 Å². The third-order valence-corrected chi connectivity index (χ3v) is 4.18. The van der Waals surface area contributed by atoms with Crippen LogP contribution in [0.15, 0.2) is 41.4 Å². The van der Waals surface area contributed by atoms with Gasteiger partial charge in [0.05, 0.1) is 5.56 Å². The summed E-state index contributed by atoms with van der Waals surface area (Å²) in [6.45, 7) is 0. The number of nitrogens with one attached hydrogen (secondary N) is 1. The van der Waals surface area contributed by atoms with E-state index in [0.29, 0.717) is 21.2 Å². The molecule has 0 aliphatic carbocycles. The molecule has 1 amide bonds. The number of nitrogens with zero attached hydrogens (tertiary/aromatic N) is 3. The maximum absolute atomic E-state index is 12.2. The minimum absolute atomic E-state index is 0.0367. The fraction of sp³-hybridized carbons (Fsp3) is 0.118. The topological polar surface area (TPSA) is 79.9 Å². The highest BCUT2D eigenvalue weighted by Crippen LogP contribution is 2.35. The second-order valence-corrected chi connectivity index (χ2v) is 6.36. The van der Waals surface area contributed by atoms with Gasteiger partial charge in [0.1, 0.15) is 22.7 Å². The molecule has 24 heavy (non-hydrogen) atoms. The number of halogens is 1. The molecule has 120 valence electrons. The molecule has 2 aromatic rings. The van der Waals surface area contributed by atoms with Crippen LogP contribution in [-0.4, -0.2) is 24.9 Å². The zero-order chi connectivity index (χ0) is 17.7. The minimum Gasteiger partial charge on any atom is -0.382 e. The van der Waals surface area contributed by atoms with Gasteiger partial charge < -0.3 is 10.2 Å². The summed E-state index contributed by atoms with van der Waals surface area (Å²) in [6, 6.07) is 11.1. The maximum atomic E-state index is 12.2. The largest absolute Gasteiger partial charge is 0.382 e. The van der Waals surface area contributed by atoms with Crippen LogP contribution in [0.25, 0.3) is 11.1 Å². The highest BCUT2D eigenvalue weighted by atomic mass is 35.5. The van der Waals surface area contributed by atoms with Crippen molar-refractivity contribution >= 4 is 33.8 Å². The Hall–Kier alpha value is -2.80. The summed E-state index contributed by atoms with van der Waals surface area (Å²) < 4.78 is 0. The van der Waals surface area contributed by atoms with Crippen molar-refractivity contribution in [1.82, 2.24) is 4.90 Å². The summed E-state index contributed by atoms with van der Waals surface area (Å²) in [5.74, 6) is -0.549. The van der Waals surface area contributed by atoms with Gasteiger partial charge in [0, 0.05) is 36.3 Å². The fourth-order valence-corrected chi connectivity index (χ4v) is 3.01. The number of benzene rings is 1. The predicted octanol–water partition coefficient (Wildman–Crippen LogP) is 3.85. The minimum atomic E-state index is -0.549. The van der Waals surface area contributed by atoms with E-state index < -0.39 is 5.91 Å². The molecule has 1 heterocycles. The predicted molar refractivity (Wildman–Crippen MR) is 95.5 cm³/mol. The molecule has 0 spiro atoms. The van der Waals surface area contributed by atoms with E-state index >= 15 is 0 Å². The van der Waals surface area contributed by atoms with E-state index in [2.05, 4.69) is 11.4 Å². The number of hydrogen-bond acceptors (Lipinski definition) is 5. The van der Waals surface area contributed by atoms with Gasteiger partial charge in [-0.3, -0.25) is 4.79 Å². The van der Waals surface area contributed by atoms with Crippen molar-refractivity contribution in [3.05, 3.63) is 52.0 Å². The van der Waals surface area contributed by atoms with Crippen molar-refractivity contribution < 1.29 is 4.79 Å². The molecule has 0 fully saturated rings. The Kier molecular flexibility index (Phi) is 5.59. The van der Waals surface area contributed by atoms with Crippen molar-refractivity contribution in [2.24, 2.45) is 0 Å². The van der Waals surface area contributed by atoms with Crippen molar-refractivity contribution in [3.8, 4) is 23.3 Å². The second kappa shape index (κ2) is 7.65. The van der Waals surface area contributed by atoms with Crippen molar-refractivity contribution in [1.29, 1.82) is 10.5 Å². The Morgan fingerprint density at radius 2 is 1.96 bits per heavy atom. The Labute approximate surface area is 149 Å². The zero-order valence-corrected chi connectivity index (χ0v) is 14.6. The van der Waals surface area contributed by atoms with Crippen LogP contribution >= 0.6 is 22.9 Å². The van der Waals surface area contributed by atoms with Crippen LogP contribution in [0, 0.1) is 22.7 Å². The smallest absolute Gasteiger partial charge is 0.268 e. The van der Waals surface area contributed by atoms with Gasteiger partial charge in [-0.25, -0.2) is 0 Å². The molecule has 5 nitrogen and oxygen atoms in total. The lowest BCUT2D eigenvalue weighted by atomic mass is 10.1. The van der Waals surface area contributed by atoms with Crippen LogP contribution in [0.4, 0.5) is 5.00 Å². The molecule has 0 bridgehead atoms. The Bertz CT molecular complexity index is 869. The van der Waals surface area contributed by atoms with E-state index in [-0.39, 0.29) is 5.57 Å². The lowest BCUT2D eigenvalue weighted by Gasteiger charge is -2.07. The van der Waals surface area contributed by atoms with Crippen LogP contribution < -0.4 is 5.32 Å². The molecule has 1 N–H and O–H groups in total. The molecule has 0 aliphatic heterocycles. The standard InChI is InChI=1S/C17H13ClN4OS/c1-22(2)9-12(7-19)16(23)21-17-14(8-20)15(10-24-17)11-3-5-13(18)6-4-11/h3-6,9-10H,1-2H3,(H,21,23)/b12-9+. The summed E-state index contributed by atoms with van der Waals surface area (Å²) in [5.41, 5.74) is 1.87. The van der Waals surface area contributed by atoms with E-state index in [0.717, 1.165) is 5.56 Å². The molecule has 1 aromatic heterocycles.